The summed E-state index contributed by atoms with van der Waals surface area (Å²) in [4.78, 5) is 7.90. The van der Waals surface area contributed by atoms with Crippen LogP contribution in [0.5, 0.6) is 0 Å². The highest BCUT2D eigenvalue weighted by atomic mass is 79.9. The second kappa shape index (κ2) is 5.77. The summed E-state index contributed by atoms with van der Waals surface area (Å²) in [6, 6.07) is 16.8. The lowest BCUT2D eigenvalue weighted by atomic mass is 10.1. The molecule has 1 heterocycles. The number of aromatic nitrogens is 2. The quantitative estimate of drug-likeness (QED) is 0.753. The number of fused-ring (bicyclic) bond motifs is 1. The lowest BCUT2D eigenvalue weighted by molar-refractivity contribution is 0.562. The van der Waals surface area contributed by atoms with Crippen molar-refractivity contribution in [2.24, 2.45) is 0 Å². The average molecular weight is 330 g/mol. The molecule has 0 bridgehead atoms. The predicted octanol–water partition coefficient (Wildman–Crippen LogP) is 4.18. The highest BCUT2D eigenvalue weighted by Crippen LogP contribution is 2.17. The number of benzene rings is 2. The summed E-state index contributed by atoms with van der Waals surface area (Å²) in [7, 11) is 0. The van der Waals surface area contributed by atoms with Crippen molar-refractivity contribution in [1.82, 2.24) is 15.3 Å². The van der Waals surface area contributed by atoms with Crippen LogP contribution in [0.2, 0.25) is 0 Å². The lowest BCUT2D eigenvalue weighted by Crippen LogP contribution is -2.18. The molecule has 0 amide bonds. The summed E-state index contributed by atoms with van der Waals surface area (Å²) in [5.41, 5.74) is 3.37. The maximum Gasteiger partial charge on any atom is 0.121 e. The second-order valence-corrected chi connectivity index (χ2v) is 5.77. The van der Waals surface area contributed by atoms with Crippen LogP contribution in [0.4, 0.5) is 0 Å². The zero-order valence-electron chi connectivity index (χ0n) is 11.2. The van der Waals surface area contributed by atoms with Gasteiger partial charge in [0.2, 0.25) is 0 Å². The number of nitrogens with zero attached hydrogens (tertiary/aromatic N) is 1. The molecule has 3 rings (SSSR count). The number of hydrogen-bond acceptors (Lipinski definition) is 2. The Kier molecular flexibility index (Phi) is 3.85. The molecule has 0 fully saturated rings. The molecule has 0 aliphatic heterocycles. The van der Waals surface area contributed by atoms with E-state index in [1.165, 1.54) is 5.56 Å². The van der Waals surface area contributed by atoms with Crippen molar-refractivity contribution in [3.8, 4) is 0 Å². The zero-order valence-corrected chi connectivity index (χ0v) is 12.8. The van der Waals surface area contributed by atoms with Crippen molar-refractivity contribution in [3.63, 3.8) is 0 Å². The summed E-state index contributed by atoms with van der Waals surface area (Å²) in [5, 5.41) is 3.49. The van der Waals surface area contributed by atoms with E-state index in [0.29, 0.717) is 0 Å². The fourth-order valence-corrected chi connectivity index (χ4v) is 2.47. The van der Waals surface area contributed by atoms with Crippen LogP contribution in [0, 0.1) is 0 Å². The Morgan fingerprint density at radius 1 is 1.15 bits per heavy atom. The minimum atomic E-state index is 0.288. The monoisotopic (exact) mass is 329 g/mol. The first-order valence-electron chi connectivity index (χ1n) is 6.65. The highest BCUT2D eigenvalue weighted by Gasteiger charge is 2.07. The van der Waals surface area contributed by atoms with Gasteiger partial charge in [0.25, 0.3) is 0 Å². The number of nitrogens with one attached hydrogen (secondary N) is 2. The van der Waals surface area contributed by atoms with Gasteiger partial charge in [-0.25, -0.2) is 4.98 Å². The molecule has 0 aliphatic rings. The van der Waals surface area contributed by atoms with E-state index in [2.05, 4.69) is 62.4 Å². The minimum absolute atomic E-state index is 0.288. The SMILES string of the molecule is CC(NCc1nc2ccccc2[nH]1)c1ccc(Br)cc1. The maximum absolute atomic E-state index is 4.57. The molecule has 0 radical (unpaired) electrons. The van der Waals surface area contributed by atoms with Crippen LogP contribution in [0.3, 0.4) is 0 Å². The summed E-state index contributed by atoms with van der Waals surface area (Å²) in [5.74, 6) is 0.968. The molecule has 1 unspecified atom stereocenters. The average Bonchev–Trinajstić information content (AvgIpc) is 2.88. The number of rotatable bonds is 4. The summed E-state index contributed by atoms with van der Waals surface area (Å²) in [6.07, 6.45) is 0. The number of halogens is 1. The van der Waals surface area contributed by atoms with Crippen LogP contribution in [-0.4, -0.2) is 9.97 Å². The Balaban J connectivity index is 1.68. The molecule has 3 aromatic rings. The number of para-hydroxylation sites is 2. The number of imidazole rings is 1. The number of hydrogen-bond donors (Lipinski definition) is 2. The standard InChI is InChI=1S/C16H16BrN3/c1-11(12-6-8-13(17)9-7-12)18-10-16-19-14-4-2-3-5-15(14)20-16/h2-9,11,18H,10H2,1H3,(H,19,20). The topological polar surface area (TPSA) is 40.7 Å². The van der Waals surface area contributed by atoms with Gasteiger partial charge in [0, 0.05) is 10.5 Å². The van der Waals surface area contributed by atoms with Crippen LogP contribution in [0.15, 0.2) is 53.0 Å². The first-order chi connectivity index (χ1) is 9.72. The highest BCUT2D eigenvalue weighted by molar-refractivity contribution is 9.10. The molecular formula is C16H16BrN3. The van der Waals surface area contributed by atoms with E-state index in [4.69, 9.17) is 0 Å². The zero-order chi connectivity index (χ0) is 13.9. The molecule has 4 heteroatoms. The molecule has 102 valence electrons. The van der Waals surface area contributed by atoms with Crippen molar-refractivity contribution in [2.45, 2.75) is 19.5 Å². The summed E-state index contributed by atoms with van der Waals surface area (Å²) in [6.45, 7) is 2.89. The van der Waals surface area contributed by atoms with E-state index in [1.54, 1.807) is 0 Å². The van der Waals surface area contributed by atoms with E-state index < -0.39 is 0 Å². The van der Waals surface area contributed by atoms with Crippen molar-refractivity contribution >= 4 is 27.0 Å². The van der Waals surface area contributed by atoms with Gasteiger partial charge < -0.3 is 10.3 Å². The molecule has 1 atom stereocenters. The third-order valence-corrected chi connectivity index (χ3v) is 3.91. The molecule has 0 saturated carbocycles. The van der Waals surface area contributed by atoms with Crippen LogP contribution in [0.25, 0.3) is 11.0 Å². The van der Waals surface area contributed by atoms with Crippen LogP contribution in [-0.2, 0) is 6.54 Å². The van der Waals surface area contributed by atoms with E-state index in [9.17, 15) is 0 Å². The maximum atomic E-state index is 4.57. The largest absolute Gasteiger partial charge is 0.341 e. The predicted molar refractivity (Wildman–Crippen MR) is 85.5 cm³/mol. The van der Waals surface area contributed by atoms with Crippen LogP contribution in [0.1, 0.15) is 24.4 Å². The van der Waals surface area contributed by atoms with Gasteiger partial charge in [-0.3, -0.25) is 0 Å². The molecule has 0 saturated heterocycles. The van der Waals surface area contributed by atoms with E-state index in [0.717, 1.165) is 27.9 Å². The number of H-pyrrole nitrogens is 1. The van der Waals surface area contributed by atoms with Crippen LogP contribution >= 0.6 is 15.9 Å². The van der Waals surface area contributed by atoms with Gasteiger partial charge in [-0.1, -0.05) is 40.2 Å². The van der Waals surface area contributed by atoms with E-state index >= 15 is 0 Å². The van der Waals surface area contributed by atoms with Gasteiger partial charge in [0.05, 0.1) is 17.6 Å². The first kappa shape index (κ1) is 13.3. The third-order valence-electron chi connectivity index (χ3n) is 3.38. The molecule has 2 N–H and O–H groups in total. The third kappa shape index (κ3) is 2.92. The Morgan fingerprint density at radius 2 is 1.90 bits per heavy atom. The van der Waals surface area contributed by atoms with Gasteiger partial charge >= 0.3 is 0 Å². The van der Waals surface area contributed by atoms with Gasteiger partial charge in [0.15, 0.2) is 0 Å². The number of aromatic amines is 1. The van der Waals surface area contributed by atoms with Crippen LogP contribution < -0.4 is 5.32 Å². The Labute approximate surface area is 126 Å². The lowest BCUT2D eigenvalue weighted by Gasteiger charge is -2.13. The summed E-state index contributed by atoms with van der Waals surface area (Å²) >= 11 is 3.45. The Morgan fingerprint density at radius 3 is 2.65 bits per heavy atom. The van der Waals surface area contributed by atoms with Gasteiger partial charge in [0.1, 0.15) is 5.82 Å². The van der Waals surface area contributed by atoms with Crippen molar-refractivity contribution in [2.75, 3.05) is 0 Å². The molecule has 2 aromatic carbocycles. The minimum Gasteiger partial charge on any atom is -0.341 e. The van der Waals surface area contributed by atoms with Gasteiger partial charge in [-0.05, 0) is 36.8 Å². The van der Waals surface area contributed by atoms with E-state index in [1.807, 2.05) is 24.3 Å². The molecule has 20 heavy (non-hydrogen) atoms. The van der Waals surface area contributed by atoms with Crippen molar-refractivity contribution in [1.29, 1.82) is 0 Å². The van der Waals surface area contributed by atoms with Gasteiger partial charge in [-0.2, -0.15) is 0 Å². The smallest absolute Gasteiger partial charge is 0.121 e. The molecule has 3 nitrogen and oxygen atoms in total. The molecular weight excluding hydrogens is 314 g/mol. The Bertz CT molecular complexity index is 670. The van der Waals surface area contributed by atoms with Crippen molar-refractivity contribution in [3.05, 3.63) is 64.4 Å². The van der Waals surface area contributed by atoms with Gasteiger partial charge in [-0.15, -0.1) is 0 Å². The molecule has 0 aliphatic carbocycles. The second-order valence-electron chi connectivity index (χ2n) is 4.85. The first-order valence-corrected chi connectivity index (χ1v) is 7.44. The van der Waals surface area contributed by atoms with E-state index in [-0.39, 0.29) is 6.04 Å². The molecule has 0 spiro atoms. The van der Waals surface area contributed by atoms with Crippen molar-refractivity contribution < 1.29 is 0 Å². The normalized spacial score (nSPS) is 12.7. The fourth-order valence-electron chi connectivity index (χ4n) is 2.21. The molecule has 1 aromatic heterocycles. The summed E-state index contributed by atoms with van der Waals surface area (Å²) < 4.78 is 1.10. The fraction of sp³-hybridized carbons (Fsp3) is 0.188. The Hall–Kier alpha value is -1.65.